The maximum Gasteiger partial charge on any atom is 0.250 e. The van der Waals surface area contributed by atoms with Crippen molar-refractivity contribution in [1.29, 1.82) is 0 Å². The van der Waals surface area contributed by atoms with Crippen molar-refractivity contribution in [3.8, 4) is 5.75 Å². The largest absolute Gasteiger partial charge is 0.496 e. The van der Waals surface area contributed by atoms with E-state index in [4.69, 9.17) is 10.3 Å². The fraction of sp³-hybridized carbons (Fsp3) is 0.125. The summed E-state index contributed by atoms with van der Waals surface area (Å²) >= 11 is 1.97. The SMILES string of the molecule is COc1cccc(C(=O)N=[N+]=[N-])c1I. The first-order chi connectivity index (χ1) is 6.70. The molecule has 0 bridgehead atoms. The summed E-state index contributed by atoms with van der Waals surface area (Å²) in [6.45, 7) is 0. The summed E-state index contributed by atoms with van der Waals surface area (Å²) in [7, 11) is 1.51. The van der Waals surface area contributed by atoms with Crippen LogP contribution in [-0.4, -0.2) is 13.0 Å². The van der Waals surface area contributed by atoms with Gasteiger partial charge in [-0.05, 0) is 45.4 Å². The van der Waals surface area contributed by atoms with E-state index in [0.717, 1.165) is 0 Å². The Hall–Kier alpha value is -1.27. The summed E-state index contributed by atoms with van der Waals surface area (Å²) in [6, 6.07) is 4.98. The van der Waals surface area contributed by atoms with Crippen LogP contribution in [0.1, 0.15) is 10.4 Å². The molecule has 0 heterocycles. The molecule has 0 aliphatic rings. The molecule has 0 atom stereocenters. The first-order valence-corrected chi connectivity index (χ1v) is 4.70. The van der Waals surface area contributed by atoms with E-state index < -0.39 is 5.91 Å². The molecule has 6 heteroatoms. The van der Waals surface area contributed by atoms with Crippen LogP contribution < -0.4 is 4.74 Å². The summed E-state index contributed by atoms with van der Waals surface area (Å²) in [5.74, 6) is -0.0135. The minimum absolute atomic E-state index is 0.350. The summed E-state index contributed by atoms with van der Waals surface area (Å²) in [5.41, 5.74) is 8.47. The zero-order valence-corrected chi connectivity index (χ0v) is 9.43. The molecule has 0 aliphatic carbocycles. The number of azide groups is 1. The van der Waals surface area contributed by atoms with Crippen molar-refractivity contribution in [2.24, 2.45) is 5.11 Å². The predicted octanol–water partition coefficient (Wildman–Crippen LogP) is 2.75. The molecular formula is C8H6IN3O2. The number of halogens is 1. The van der Waals surface area contributed by atoms with Gasteiger partial charge in [-0.1, -0.05) is 6.07 Å². The minimum atomic E-state index is -0.601. The third kappa shape index (κ3) is 2.15. The van der Waals surface area contributed by atoms with Crippen molar-refractivity contribution in [2.75, 3.05) is 7.11 Å². The summed E-state index contributed by atoms with van der Waals surface area (Å²) in [5, 5.41) is 3.01. The molecule has 0 aromatic heterocycles. The average molecular weight is 303 g/mol. The average Bonchev–Trinajstić information content (AvgIpc) is 2.18. The number of ether oxygens (including phenoxy) is 1. The van der Waals surface area contributed by atoms with Gasteiger partial charge in [0.05, 0.1) is 10.7 Å². The third-order valence-corrected chi connectivity index (χ3v) is 2.66. The van der Waals surface area contributed by atoms with Crippen molar-refractivity contribution >= 4 is 28.5 Å². The minimum Gasteiger partial charge on any atom is -0.496 e. The Labute approximate surface area is 93.8 Å². The fourth-order valence-electron chi connectivity index (χ4n) is 0.928. The van der Waals surface area contributed by atoms with Crippen LogP contribution in [-0.2, 0) is 0 Å². The third-order valence-electron chi connectivity index (χ3n) is 1.55. The van der Waals surface area contributed by atoms with Gasteiger partial charge in [0.2, 0.25) is 5.91 Å². The predicted molar refractivity (Wildman–Crippen MR) is 59.2 cm³/mol. The molecule has 1 aromatic rings. The lowest BCUT2D eigenvalue weighted by Crippen LogP contribution is -1.99. The normalized spacial score (nSPS) is 9.00. The van der Waals surface area contributed by atoms with Gasteiger partial charge in [0, 0.05) is 10.5 Å². The van der Waals surface area contributed by atoms with Gasteiger partial charge in [-0.3, -0.25) is 4.79 Å². The number of hydrogen-bond donors (Lipinski definition) is 0. The van der Waals surface area contributed by atoms with Crippen molar-refractivity contribution in [2.45, 2.75) is 0 Å². The molecule has 0 saturated carbocycles. The van der Waals surface area contributed by atoms with Crippen molar-refractivity contribution in [3.63, 3.8) is 0 Å². The van der Waals surface area contributed by atoms with E-state index in [1.807, 2.05) is 22.6 Å². The first kappa shape index (κ1) is 10.8. The zero-order valence-electron chi connectivity index (χ0n) is 7.27. The van der Waals surface area contributed by atoms with E-state index >= 15 is 0 Å². The van der Waals surface area contributed by atoms with Gasteiger partial charge >= 0.3 is 0 Å². The molecule has 0 aliphatic heterocycles. The molecule has 0 radical (unpaired) electrons. The topological polar surface area (TPSA) is 75.1 Å². The van der Waals surface area contributed by atoms with Crippen LogP contribution in [0.3, 0.4) is 0 Å². The summed E-state index contributed by atoms with van der Waals surface area (Å²) in [6.07, 6.45) is 0. The van der Waals surface area contributed by atoms with Gasteiger partial charge in [-0.15, -0.1) is 0 Å². The van der Waals surface area contributed by atoms with Gasteiger partial charge in [0.1, 0.15) is 5.75 Å². The van der Waals surface area contributed by atoms with Crippen molar-refractivity contribution in [3.05, 3.63) is 37.8 Å². The number of amides is 1. The maximum atomic E-state index is 11.3. The van der Waals surface area contributed by atoms with E-state index in [1.54, 1.807) is 18.2 Å². The summed E-state index contributed by atoms with van der Waals surface area (Å²) < 4.78 is 5.66. The second-order valence-electron chi connectivity index (χ2n) is 2.32. The Kier molecular flexibility index (Phi) is 3.73. The molecule has 1 amide bonds. The van der Waals surface area contributed by atoms with Gasteiger partial charge in [0.15, 0.2) is 0 Å². The van der Waals surface area contributed by atoms with Gasteiger partial charge < -0.3 is 4.74 Å². The summed E-state index contributed by atoms with van der Waals surface area (Å²) in [4.78, 5) is 13.7. The molecule has 0 spiro atoms. The lowest BCUT2D eigenvalue weighted by Gasteiger charge is -2.05. The van der Waals surface area contributed by atoms with Crippen molar-refractivity contribution in [1.82, 2.24) is 0 Å². The van der Waals surface area contributed by atoms with Crippen LogP contribution in [0.4, 0.5) is 0 Å². The van der Waals surface area contributed by atoms with E-state index in [2.05, 4.69) is 10.0 Å². The highest BCUT2D eigenvalue weighted by molar-refractivity contribution is 14.1. The maximum absolute atomic E-state index is 11.3. The molecule has 0 saturated heterocycles. The van der Waals surface area contributed by atoms with Crippen LogP contribution in [0, 0.1) is 3.57 Å². The number of nitrogens with zero attached hydrogens (tertiary/aromatic N) is 3. The van der Waals surface area contributed by atoms with Gasteiger partial charge in [-0.2, -0.15) is 0 Å². The molecule has 1 rings (SSSR count). The van der Waals surface area contributed by atoms with E-state index in [9.17, 15) is 4.79 Å². The molecule has 0 unspecified atom stereocenters. The highest BCUT2D eigenvalue weighted by Crippen LogP contribution is 2.24. The Morgan fingerprint density at radius 2 is 2.36 bits per heavy atom. The molecule has 72 valence electrons. The first-order valence-electron chi connectivity index (χ1n) is 3.62. The smallest absolute Gasteiger partial charge is 0.250 e. The number of benzene rings is 1. The number of methoxy groups -OCH3 is 1. The quantitative estimate of drug-likeness (QED) is 0.364. The molecule has 1 aromatic carbocycles. The van der Waals surface area contributed by atoms with Crippen LogP contribution in [0.25, 0.3) is 10.4 Å². The lowest BCUT2D eigenvalue weighted by atomic mass is 10.2. The number of carbonyl (C=O) groups excluding carboxylic acids is 1. The molecule has 5 nitrogen and oxygen atoms in total. The Balaban J connectivity index is 3.22. The highest BCUT2D eigenvalue weighted by Gasteiger charge is 2.11. The van der Waals surface area contributed by atoms with Crippen LogP contribution in [0.15, 0.2) is 23.3 Å². The molecule has 0 N–H and O–H groups in total. The second kappa shape index (κ2) is 4.83. The zero-order chi connectivity index (χ0) is 10.6. The Bertz CT molecular complexity index is 413. The number of rotatable bonds is 2. The fourth-order valence-corrected chi connectivity index (χ4v) is 1.74. The Morgan fingerprint density at radius 1 is 1.64 bits per heavy atom. The number of carbonyl (C=O) groups is 1. The van der Waals surface area contributed by atoms with Gasteiger partial charge in [-0.25, -0.2) is 0 Å². The van der Waals surface area contributed by atoms with Gasteiger partial charge in [0.25, 0.3) is 0 Å². The standard InChI is InChI=1S/C8H6IN3O2/c1-14-6-4-2-3-5(7(6)9)8(13)11-12-10/h2-4H,1H3. The number of hydrogen-bond acceptors (Lipinski definition) is 2. The van der Waals surface area contributed by atoms with E-state index in [1.165, 1.54) is 7.11 Å². The van der Waals surface area contributed by atoms with Crippen LogP contribution >= 0.6 is 22.6 Å². The molecular weight excluding hydrogens is 297 g/mol. The highest BCUT2D eigenvalue weighted by atomic mass is 127. The second-order valence-corrected chi connectivity index (χ2v) is 3.40. The molecule has 0 fully saturated rings. The lowest BCUT2D eigenvalue weighted by molar-refractivity contribution is 0.0999. The molecule has 14 heavy (non-hydrogen) atoms. The Morgan fingerprint density at radius 3 is 2.93 bits per heavy atom. The monoisotopic (exact) mass is 303 g/mol. The van der Waals surface area contributed by atoms with E-state index in [0.29, 0.717) is 14.9 Å². The van der Waals surface area contributed by atoms with Crippen LogP contribution in [0.5, 0.6) is 5.75 Å². The van der Waals surface area contributed by atoms with Crippen molar-refractivity contribution < 1.29 is 9.53 Å². The van der Waals surface area contributed by atoms with E-state index in [-0.39, 0.29) is 0 Å². The van der Waals surface area contributed by atoms with Crippen LogP contribution in [0.2, 0.25) is 0 Å².